The Morgan fingerprint density at radius 3 is 2.78 bits per heavy atom. The van der Waals surface area contributed by atoms with Crippen molar-refractivity contribution in [2.75, 3.05) is 6.61 Å². The van der Waals surface area contributed by atoms with Gasteiger partial charge in [-0.2, -0.15) is 0 Å². The van der Waals surface area contributed by atoms with Crippen LogP contribution in [0.1, 0.15) is 68.9 Å². The number of rotatable bonds is 4. The quantitative estimate of drug-likeness (QED) is 0.335. The van der Waals surface area contributed by atoms with Gasteiger partial charge in [-0.25, -0.2) is 15.0 Å². The van der Waals surface area contributed by atoms with E-state index in [0.29, 0.717) is 17.3 Å². The Morgan fingerprint density at radius 2 is 1.92 bits per heavy atom. The molecule has 0 saturated carbocycles. The predicted molar refractivity (Wildman–Crippen MR) is 149 cm³/mol. The number of H-pyrrole nitrogens is 1. The van der Waals surface area contributed by atoms with E-state index in [-0.39, 0.29) is 0 Å². The van der Waals surface area contributed by atoms with Crippen molar-refractivity contribution in [1.82, 2.24) is 19.9 Å². The molecule has 6 rings (SSSR count). The van der Waals surface area contributed by atoms with Crippen LogP contribution in [0.15, 0.2) is 42.7 Å². The molecule has 192 valence electrons. The zero-order valence-corrected chi connectivity index (χ0v) is 22.6. The Kier molecular flexibility index (Phi) is 6.26. The first-order valence-electron chi connectivity index (χ1n) is 13.9. The molecule has 37 heavy (non-hydrogen) atoms. The van der Waals surface area contributed by atoms with E-state index in [1.165, 1.54) is 40.1 Å². The van der Waals surface area contributed by atoms with Crippen molar-refractivity contribution >= 4 is 11.0 Å². The molecular weight excluding hydrogens is 456 g/mol. The minimum atomic E-state index is 0.328. The molecule has 0 fully saturated rings. The molecule has 2 aliphatic rings. The lowest BCUT2D eigenvalue weighted by atomic mass is 9.74. The van der Waals surface area contributed by atoms with Crippen LogP contribution in [0.5, 0.6) is 5.75 Å². The Bertz CT molecular complexity index is 1440. The van der Waals surface area contributed by atoms with Crippen molar-refractivity contribution in [2.45, 2.75) is 72.6 Å². The van der Waals surface area contributed by atoms with Crippen molar-refractivity contribution < 1.29 is 4.74 Å². The van der Waals surface area contributed by atoms with Gasteiger partial charge in [0.15, 0.2) is 0 Å². The van der Waals surface area contributed by atoms with Gasteiger partial charge in [-0.1, -0.05) is 39.8 Å². The fourth-order valence-electron chi connectivity index (χ4n) is 6.25. The Hall–Kier alpha value is -3.21. The van der Waals surface area contributed by atoms with Crippen LogP contribution < -0.4 is 4.74 Å². The number of imidazole rings is 1. The number of hydrogen-bond donors (Lipinski definition) is 1. The van der Waals surface area contributed by atoms with E-state index in [1.54, 1.807) is 6.33 Å². The summed E-state index contributed by atoms with van der Waals surface area (Å²) >= 11 is 0. The Balaban J connectivity index is 1.25. The molecule has 2 aromatic carbocycles. The van der Waals surface area contributed by atoms with Gasteiger partial charge in [-0.3, -0.25) is 0 Å². The van der Waals surface area contributed by atoms with E-state index < -0.39 is 0 Å². The van der Waals surface area contributed by atoms with Crippen LogP contribution in [-0.2, 0) is 32.1 Å². The van der Waals surface area contributed by atoms with Gasteiger partial charge < -0.3 is 9.72 Å². The van der Waals surface area contributed by atoms with E-state index in [1.807, 2.05) is 0 Å². The zero-order chi connectivity index (χ0) is 25.6. The highest BCUT2D eigenvalue weighted by Gasteiger charge is 2.30. The maximum atomic E-state index is 6.32. The van der Waals surface area contributed by atoms with Crippen LogP contribution in [0.25, 0.3) is 22.2 Å². The number of nitrogens with one attached hydrogen (secondary N) is 1. The van der Waals surface area contributed by atoms with Crippen molar-refractivity contribution in [3.05, 3.63) is 71.1 Å². The largest absolute Gasteiger partial charge is 0.493 e. The first kappa shape index (κ1) is 24.1. The minimum Gasteiger partial charge on any atom is -0.493 e. The summed E-state index contributed by atoms with van der Waals surface area (Å²) in [5.74, 6) is 3.15. The van der Waals surface area contributed by atoms with Crippen LogP contribution in [0, 0.1) is 17.3 Å². The van der Waals surface area contributed by atoms with Crippen molar-refractivity contribution in [3.63, 3.8) is 0 Å². The maximum Gasteiger partial charge on any atom is 0.122 e. The minimum absolute atomic E-state index is 0.328. The fraction of sp³-hybridized carbons (Fsp3) is 0.469. The third kappa shape index (κ3) is 4.88. The zero-order valence-electron chi connectivity index (χ0n) is 22.6. The smallest absolute Gasteiger partial charge is 0.122 e. The van der Waals surface area contributed by atoms with Gasteiger partial charge in [0.05, 0.1) is 17.6 Å². The van der Waals surface area contributed by atoms with E-state index in [0.717, 1.165) is 67.7 Å². The SMILES string of the molecule is CCc1nc2ccc(-c3ccc4c(c3)CC(C)C(Cc3ncnc5c3CC(C)(C)CC5)CCO4)cc2[nH]1. The number of hydrogen-bond acceptors (Lipinski definition) is 4. The molecular formula is C32H38N4O. The molecule has 2 atom stereocenters. The van der Waals surface area contributed by atoms with Gasteiger partial charge in [-0.05, 0) is 102 Å². The van der Waals surface area contributed by atoms with E-state index in [4.69, 9.17) is 9.72 Å². The molecule has 2 aromatic heterocycles. The fourth-order valence-corrected chi connectivity index (χ4v) is 6.25. The Labute approximate surface area is 220 Å². The maximum absolute atomic E-state index is 6.32. The number of aromatic nitrogens is 4. The second-order valence-corrected chi connectivity index (χ2v) is 12.0. The third-order valence-electron chi connectivity index (χ3n) is 8.63. The molecule has 1 N–H and O–H groups in total. The van der Waals surface area contributed by atoms with Gasteiger partial charge in [0.2, 0.25) is 0 Å². The third-order valence-corrected chi connectivity index (χ3v) is 8.63. The monoisotopic (exact) mass is 494 g/mol. The number of aryl methyl sites for hydroxylation is 2. The van der Waals surface area contributed by atoms with Crippen LogP contribution in [0.4, 0.5) is 0 Å². The molecule has 0 bridgehead atoms. The summed E-state index contributed by atoms with van der Waals surface area (Å²) in [5, 5.41) is 0. The summed E-state index contributed by atoms with van der Waals surface area (Å²) in [6.07, 6.45) is 9.14. The van der Waals surface area contributed by atoms with Crippen LogP contribution >= 0.6 is 0 Å². The highest BCUT2D eigenvalue weighted by molar-refractivity contribution is 5.82. The van der Waals surface area contributed by atoms with Crippen molar-refractivity contribution in [3.8, 4) is 16.9 Å². The number of ether oxygens (including phenoxy) is 1. The summed E-state index contributed by atoms with van der Waals surface area (Å²) in [4.78, 5) is 17.6. The summed E-state index contributed by atoms with van der Waals surface area (Å²) in [5.41, 5.74) is 10.2. The number of benzene rings is 2. The second-order valence-electron chi connectivity index (χ2n) is 12.0. The number of aromatic amines is 1. The summed E-state index contributed by atoms with van der Waals surface area (Å²) in [7, 11) is 0. The van der Waals surface area contributed by atoms with E-state index in [2.05, 4.69) is 79.0 Å². The molecule has 4 aromatic rings. The molecule has 3 heterocycles. The number of fused-ring (bicyclic) bond motifs is 3. The number of nitrogens with zero attached hydrogens (tertiary/aromatic N) is 3. The van der Waals surface area contributed by atoms with Gasteiger partial charge in [0.1, 0.15) is 17.9 Å². The van der Waals surface area contributed by atoms with Crippen LogP contribution in [0.3, 0.4) is 0 Å². The summed E-state index contributed by atoms with van der Waals surface area (Å²) < 4.78 is 6.32. The first-order valence-corrected chi connectivity index (χ1v) is 13.9. The second kappa shape index (κ2) is 9.59. The van der Waals surface area contributed by atoms with Crippen molar-refractivity contribution in [1.29, 1.82) is 0 Å². The molecule has 2 unspecified atom stereocenters. The Morgan fingerprint density at radius 1 is 1.08 bits per heavy atom. The lowest BCUT2D eigenvalue weighted by molar-refractivity contribution is 0.219. The lowest BCUT2D eigenvalue weighted by Gasteiger charge is -2.33. The molecule has 5 nitrogen and oxygen atoms in total. The van der Waals surface area contributed by atoms with Gasteiger partial charge in [0.25, 0.3) is 0 Å². The van der Waals surface area contributed by atoms with E-state index >= 15 is 0 Å². The summed E-state index contributed by atoms with van der Waals surface area (Å²) in [6, 6.07) is 13.2. The molecule has 0 spiro atoms. The predicted octanol–water partition coefficient (Wildman–Crippen LogP) is 6.92. The molecule has 0 radical (unpaired) electrons. The highest BCUT2D eigenvalue weighted by atomic mass is 16.5. The molecule has 1 aliphatic carbocycles. The normalized spacial score (nSPS) is 21.0. The van der Waals surface area contributed by atoms with Gasteiger partial charge in [0, 0.05) is 17.8 Å². The average molecular weight is 495 g/mol. The molecule has 5 heteroatoms. The van der Waals surface area contributed by atoms with Crippen LogP contribution in [-0.4, -0.2) is 26.5 Å². The van der Waals surface area contributed by atoms with Crippen LogP contribution in [0.2, 0.25) is 0 Å². The summed E-state index contributed by atoms with van der Waals surface area (Å²) in [6.45, 7) is 10.0. The molecule has 0 saturated heterocycles. The topological polar surface area (TPSA) is 63.7 Å². The average Bonchev–Trinajstić information content (AvgIpc) is 3.30. The van der Waals surface area contributed by atoms with Gasteiger partial charge in [-0.15, -0.1) is 0 Å². The van der Waals surface area contributed by atoms with E-state index in [9.17, 15) is 0 Å². The molecule has 0 amide bonds. The highest BCUT2D eigenvalue weighted by Crippen LogP contribution is 2.38. The van der Waals surface area contributed by atoms with Gasteiger partial charge >= 0.3 is 0 Å². The molecule has 1 aliphatic heterocycles. The standard InChI is InChI=1S/C32H38N4O/c1-5-31-35-27-8-6-23(17-29(27)36-31)22-7-9-30-24(15-22)14-20(2)21(11-13-37-30)16-28-25-18-32(3,4)12-10-26(25)33-19-34-28/h6-9,15,17,19-21H,5,10-14,16,18H2,1-4H3,(H,35,36). The van der Waals surface area contributed by atoms with Crippen molar-refractivity contribution in [2.24, 2.45) is 17.3 Å². The lowest BCUT2D eigenvalue weighted by Crippen LogP contribution is -2.27. The first-order chi connectivity index (χ1) is 17.9.